The van der Waals surface area contributed by atoms with Crippen LogP contribution in [0.15, 0.2) is 46.9 Å². The lowest BCUT2D eigenvalue weighted by Crippen LogP contribution is -2.12. The molecule has 0 atom stereocenters. The summed E-state index contributed by atoms with van der Waals surface area (Å²) in [6.45, 7) is 4.22. The van der Waals surface area contributed by atoms with Gasteiger partial charge < -0.3 is 14.8 Å². The smallest absolute Gasteiger partial charge is 0.257 e. The maximum atomic E-state index is 12.3. The SMILES string of the molecule is CCOCCOCc1cccc(NC(=O)c2ccc(Br)cc2Cl)c1. The molecule has 0 aliphatic carbocycles. The predicted octanol–water partition coefficient (Wildman–Crippen LogP) is 4.91. The van der Waals surface area contributed by atoms with Gasteiger partial charge in [-0.05, 0) is 42.8 Å². The van der Waals surface area contributed by atoms with Crippen molar-refractivity contribution >= 4 is 39.1 Å². The second kappa shape index (κ2) is 9.79. The van der Waals surface area contributed by atoms with E-state index >= 15 is 0 Å². The number of amides is 1. The van der Waals surface area contributed by atoms with E-state index in [0.29, 0.717) is 42.7 Å². The van der Waals surface area contributed by atoms with Crippen LogP contribution in [0.25, 0.3) is 0 Å². The summed E-state index contributed by atoms with van der Waals surface area (Å²) in [7, 11) is 0. The molecule has 0 aliphatic rings. The Kier molecular flexibility index (Phi) is 7.72. The Hall–Kier alpha value is -1.40. The zero-order valence-corrected chi connectivity index (χ0v) is 15.7. The summed E-state index contributed by atoms with van der Waals surface area (Å²) in [5.74, 6) is -0.248. The fourth-order valence-corrected chi connectivity index (χ4v) is 2.82. The molecule has 0 radical (unpaired) electrons. The van der Waals surface area contributed by atoms with Crippen molar-refractivity contribution in [3.05, 3.63) is 63.1 Å². The monoisotopic (exact) mass is 411 g/mol. The number of ether oxygens (including phenoxy) is 2. The van der Waals surface area contributed by atoms with Crippen LogP contribution in [0, 0.1) is 0 Å². The maximum absolute atomic E-state index is 12.3. The third-order valence-corrected chi connectivity index (χ3v) is 4.01. The Morgan fingerprint density at radius 1 is 1.17 bits per heavy atom. The van der Waals surface area contributed by atoms with Crippen LogP contribution >= 0.6 is 27.5 Å². The first-order chi connectivity index (χ1) is 11.6. The fourth-order valence-electron chi connectivity index (χ4n) is 2.06. The number of rotatable bonds is 8. The molecule has 0 bridgehead atoms. The lowest BCUT2D eigenvalue weighted by molar-refractivity contribution is 0.0453. The van der Waals surface area contributed by atoms with Crippen LogP contribution in [0.5, 0.6) is 0 Å². The van der Waals surface area contributed by atoms with Gasteiger partial charge in [0.25, 0.3) is 5.91 Å². The summed E-state index contributed by atoms with van der Waals surface area (Å²) in [6.07, 6.45) is 0. The van der Waals surface area contributed by atoms with E-state index in [2.05, 4.69) is 21.2 Å². The van der Waals surface area contributed by atoms with Crippen LogP contribution < -0.4 is 5.32 Å². The lowest BCUT2D eigenvalue weighted by atomic mass is 10.2. The molecule has 0 unspecified atom stereocenters. The van der Waals surface area contributed by atoms with Gasteiger partial charge in [0, 0.05) is 16.8 Å². The summed E-state index contributed by atoms with van der Waals surface area (Å²) in [4.78, 5) is 12.3. The zero-order valence-electron chi connectivity index (χ0n) is 13.4. The van der Waals surface area contributed by atoms with Crippen LogP contribution in [0.1, 0.15) is 22.8 Å². The summed E-state index contributed by atoms with van der Waals surface area (Å²) >= 11 is 9.43. The third kappa shape index (κ3) is 5.91. The van der Waals surface area contributed by atoms with Crippen molar-refractivity contribution in [2.45, 2.75) is 13.5 Å². The van der Waals surface area contributed by atoms with Gasteiger partial charge in [-0.2, -0.15) is 0 Å². The molecule has 0 spiro atoms. The molecule has 4 nitrogen and oxygen atoms in total. The number of hydrogen-bond acceptors (Lipinski definition) is 3. The Morgan fingerprint density at radius 2 is 1.96 bits per heavy atom. The number of hydrogen-bond donors (Lipinski definition) is 1. The number of anilines is 1. The van der Waals surface area contributed by atoms with Gasteiger partial charge >= 0.3 is 0 Å². The second-order valence-electron chi connectivity index (χ2n) is 5.03. The average molecular weight is 413 g/mol. The molecular formula is C18H19BrClNO3. The number of halogens is 2. The molecular weight excluding hydrogens is 394 g/mol. The summed E-state index contributed by atoms with van der Waals surface area (Å²) < 4.78 is 11.6. The first kappa shape index (κ1) is 18.9. The quantitative estimate of drug-likeness (QED) is 0.627. The van der Waals surface area contributed by atoms with E-state index in [-0.39, 0.29) is 5.91 Å². The van der Waals surface area contributed by atoms with E-state index in [1.165, 1.54) is 0 Å². The van der Waals surface area contributed by atoms with Crippen molar-refractivity contribution in [2.75, 3.05) is 25.1 Å². The summed E-state index contributed by atoms with van der Waals surface area (Å²) in [5, 5.41) is 3.25. The van der Waals surface area contributed by atoms with E-state index in [4.69, 9.17) is 21.1 Å². The Morgan fingerprint density at radius 3 is 2.71 bits per heavy atom. The van der Waals surface area contributed by atoms with E-state index < -0.39 is 0 Å². The highest BCUT2D eigenvalue weighted by Gasteiger charge is 2.11. The number of carbonyl (C=O) groups excluding carboxylic acids is 1. The van der Waals surface area contributed by atoms with Crippen LogP contribution in [0.4, 0.5) is 5.69 Å². The molecule has 2 aromatic carbocycles. The molecule has 1 amide bonds. The molecule has 0 aliphatic heterocycles. The van der Waals surface area contributed by atoms with E-state index in [1.54, 1.807) is 18.2 Å². The maximum Gasteiger partial charge on any atom is 0.257 e. The van der Waals surface area contributed by atoms with E-state index in [1.807, 2.05) is 31.2 Å². The lowest BCUT2D eigenvalue weighted by Gasteiger charge is -2.09. The average Bonchev–Trinajstić information content (AvgIpc) is 2.55. The van der Waals surface area contributed by atoms with Crippen LogP contribution in [-0.2, 0) is 16.1 Å². The minimum Gasteiger partial charge on any atom is -0.379 e. The van der Waals surface area contributed by atoms with Gasteiger partial charge in [0.1, 0.15) is 0 Å². The Balaban J connectivity index is 1.94. The van der Waals surface area contributed by atoms with Crippen LogP contribution in [0.2, 0.25) is 5.02 Å². The molecule has 128 valence electrons. The zero-order chi connectivity index (χ0) is 17.4. The largest absolute Gasteiger partial charge is 0.379 e. The predicted molar refractivity (Wildman–Crippen MR) is 99.7 cm³/mol. The van der Waals surface area contributed by atoms with Crippen molar-refractivity contribution in [2.24, 2.45) is 0 Å². The Bertz CT molecular complexity index is 694. The van der Waals surface area contributed by atoms with Gasteiger partial charge in [-0.25, -0.2) is 0 Å². The molecule has 0 aromatic heterocycles. The standard InChI is InChI=1S/C18H19BrClNO3/c1-2-23-8-9-24-12-13-4-3-5-15(10-13)21-18(22)16-7-6-14(19)11-17(16)20/h3-7,10-11H,2,8-9,12H2,1H3,(H,21,22). The molecule has 0 heterocycles. The van der Waals surface area contributed by atoms with Gasteiger partial charge in [0.15, 0.2) is 0 Å². The van der Waals surface area contributed by atoms with Gasteiger partial charge in [-0.15, -0.1) is 0 Å². The van der Waals surface area contributed by atoms with Crippen molar-refractivity contribution < 1.29 is 14.3 Å². The first-order valence-electron chi connectivity index (χ1n) is 7.61. The summed E-state index contributed by atoms with van der Waals surface area (Å²) in [6, 6.07) is 12.7. The minimum absolute atomic E-state index is 0.248. The molecule has 24 heavy (non-hydrogen) atoms. The summed E-state index contributed by atoms with van der Waals surface area (Å²) in [5.41, 5.74) is 2.11. The van der Waals surface area contributed by atoms with Crippen LogP contribution in [0.3, 0.4) is 0 Å². The van der Waals surface area contributed by atoms with Gasteiger partial charge in [-0.1, -0.05) is 39.7 Å². The molecule has 2 aromatic rings. The second-order valence-corrected chi connectivity index (χ2v) is 6.35. The normalized spacial score (nSPS) is 10.6. The van der Waals surface area contributed by atoms with Crippen molar-refractivity contribution in [3.8, 4) is 0 Å². The molecule has 0 saturated heterocycles. The highest BCUT2D eigenvalue weighted by Crippen LogP contribution is 2.22. The molecule has 0 saturated carbocycles. The highest BCUT2D eigenvalue weighted by molar-refractivity contribution is 9.10. The van der Waals surface area contributed by atoms with Crippen molar-refractivity contribution in [1.82, 2.24) is 0 Å². The van der Waals surface area contributed by atoms with Crippen LogP contribution in [-0.4, -0.2) is 25.7 Å². The topological polar surface area (TPSA) is 47.6 Å². The third-order valence-electron chi connectivity index (χ3n) is 3.21. The molecule has 0 fully saturated rings. The Labute approximate surface area is 155 Å². The molecule has 1 N–H and O–H groups in total. The van der Waals surface area contributed by atoms with Crippen molar-refractivity contribution in [3.63, 3.8) is 0 Å². The van der Waals surface area contributed by atoms with E-state index in [0.717, 1.165) is 10.0 Å². The van der Waals surface area contributed by atoms with Crippen molar-refractivity contribution in [1.29, 1.82) is 0 Å². The van der Waals surface area contributed by atoms with E-state index in [9.17, 15) is 4.79 Å². The molecule has 2 rings (SSSR count). The van der Waals surface area contributed by atoms with Gasteiger partial charge in [0.05, 0.1) is 30.4 Å². The van der Waals surface area contributed by atoms with Gasteiger partial charge in [-0.3, -0.25) is 4.79 Å². The minimum atomic E-state index is -0.248. The number of nitrogens with one attached hydrogen (secondary N) is 1. The highest BCUT2D eigenvalue weighted by atomic mass is 79.9. The molecule has 6 heteroatoms. The van der Waals surface area contributed by atoms with Gasteiger partial charge in [0.2, 0.25) is 0 Å². The number of carbonyl (C=O) groups is 1. The fraction of sp³-hybridized carbons (Fsp3) is 0.278. The number of benzene rings is 2. The first-order valence-corrected chi connectivity index (χ1v) is 8.78.